The van der Waals surface area contributed by atoms with Gasteiger partial charge in [-0.1, -0.05) is 22.0 Å². The Morgan fingerprint density at radius 2 is 1.96 bits per heavy atom. The summed E-state index contributed by atoms with van der Waals surface area (Å²) >= 11 is 3.33. The normalized spacial score (nSPS) is 17.0. The van der Waals surface area contributed by atoms with Gasteiger partial charge in [-0.15, -0.1) is 0 Å². The Hall–Kier alpha value is -2.41. The molecule has 1 aliphatic heterocycles. The van der Waals surface area contributed by atoms with Crippen molar-refractivity contribution in [1.82, 2.24) is 5.32 Å². The Morgan fingerprint density at radius 3 is 2.67 bits per heavy atom. The molecule has 2 aromatic carbocycles. The van der Waals surface area contributed by atoms with Gasteiger partial charge in [-0.3, -0.25) is 4.79 Å². The molecule has 124 valence electrons. The van der Waals surface area contributed by atoms with Gasteiger partial charge in [-0.2, -0.15) is 0 Å². The number of carbonyl (C=O) groups is 2. The number of halogens is 2. The number of hydrogen-bond acceptors (Lipinski definition) is 2. The average molecular weight is 392 g/mol. The number of urea groups is 1. The SMILES string of the molecule is O=C(Nc1ccc(Br)cc1)N[C@@H]1CC(=O)N(c2cccc(F)c2)C1. The summed E-state index contributed by atoms with van der Waals surface area (Å²) in [6.45, 7) is 0.316. The Morgan fingerprint density at radius 1 is 1.21 bits per heavy atom. The van der Waals surface area contributed by atoms with Gasteiger partial charge in [0.25, 0.3) is 0 Å². The molecule has 1 heterocycles. The Bertz CT molecular complexity index is 767. The summed E-state index contributed by atoms with van der Waals surface area (Å²) in [4.78, 5) is 25.6. The highest BCUT2D eigenvalue weighted by Crippen LogP contribution is 2.22. The van der Waals surface area contributed by atoms with Crippen LogP contribution in [0.2, 0.25) is 0 Å². The summed E-state index contributed by atoms with van der Waals surface area (Å²) in [5, 5.41) is 5.48. The zero-order valence-corrected chi connectivity index (χ0v) is 14.2. The molecular formula is C17H15BrFN3O2. The van der Waals surface area contributed by atoms with Crippen LogP contribution in [-0.2, 0) is 4.79 Å². The van der Waals surface area contributed by atoms with E-state index in [1.165, 1.54) is 17.0 Å². The highest BCUT2D eigenvalue weighted by molar-refractivity contribution is 9.10. The van der Waals surface area contributed by atoms with Gasteiger partial charge in [0.05, 0.1) is 6.04 Å². The molecule has 0 radical (unpaired) electrons. The molecule has 0 aromatic heterocycles. The molecule has 24 heavy (non-hydrogen) atoms. The van der Waals surface area contributed by atoms with Gasteiger partial charge < -0.3 is 15.5 Å². The number of carbonyl (C=O) groups excluding carboxylic acids is 2. The van der Waals surface area contributed by atoms with Crippen LogP contribution in [-0.4, -0.2) is 24.5 Å². The maximum absolute atomic E-state index is 13.3. The molecule has 2 aromatic rings. The molecule has 1 fully saturated rings. The van der Waals surface area contributed by atoms with Gasteiger partial charge in [-0.05, 0) is 42.5 Å². The van der Waals surface area contributed by atoms with Crippen molar-refractivity contribution in [2.45, 2.75) is 12.5 Å². The summed E-state index contributed by atoms with van der Waals surface area (Å²) in [5.41, 5.74) is 1.15. The quantitative estimate of drug-likeness (QED) is 0.840. The molecule has 0 saturated carbocycles. The van der Waals surface area contributed by atoms with Crippen molar-refractivity contribution < 1.29 is 14.0 Å². The summed E-state index contributed by atoms with van der Waals surface area (Å²) in [5.74, 6) is -0.542. The van der Waals surface area contributed by atoms with Crippen molar-refractivity contribution in [2.24, 2.45) is 0 Å². The van der Waals surface area contributed by atoms with Crippen molar-refractivity contribution in [3.63, 3.8) is 0 Å². The van der Waals surface area contributed by atoms with Crippen molar-refractivity contribution in [3.8, 4) is 0 Å². The van der Waals surface area contributed by atoms with Crippen molar-refractivity contribution in [1.29, 1.82) is 0 Å². The Kier molecular flexibility index (Phi) is 4.80. The van der Waals surface area contributed by atoms with Crippen LogP contribution in [0.4, 0.5) is 20.6 Å². The van der Waals surface area contributed by atoms with Crippen LogP contribution in [0.3, 0.4) is 0 Å². The molecule has 3 amide bonds. The van der Waals surface area contributed by atoms with Crippen LogP contribution >= 0.6 is 15.9 Å². The lowest BCUT2D eigenvalue weighted by Crippen LogP contribution is -2.39. The minimum Gasteiger partial charge on any atom is -0.333 e. The summed E-state index contributed by atoms with van der Waals surface area (Å²) in [7, 11) is 0. The predicted molar refractivity (Wildman–Crippen MR) is 93.5 cm³/mol. The molecule has 1 aliphatic rings. The van der Waals surface area contributed by atoms with Crippen LogP contribution < -0.4 is 15.5 Å². The van der Waals surface area contributed by atoms with E-state index < -0.39 is 5.82 Å². The zero-order chi connectivity index (χ0) is 17.1. The molecule has 2 N–H and O–H groups in total. The number of amides is 3. The van der Waals surface area contributed by atoms with Gasteiger partial charge >= 0.3 is 6.03 Å². The summed E-state index contributed by atoms with van der Waals surface area (Å²) < 4.78 is 14.2. The second-order valence-corrected chi connectivity index (χ2v) is 6.41. The van der Waals surface area contributed by atoms with Gasteiger partial charge in [0.1, 0.15) is 5.82 Å². The van der Waals surface area contributed by atoms with E-state index in [4.69, 9.17) is 0 Å². The Balaban J connectivity index is 1.59. The van der Waals surface area contributed by atoms with Crippen molar-refractivity contribution in [2.75, 3.05) is 16.8 Å². The molecule has 1 saturated heterocycles. The minimum atomic E-state index is -0.398. The fraction of sp³-hybridized carbons (Fsp3) is 0.176. The third-order valence-corrected chi connectivity index (χ3v) is 4.21. The zero-order valence-electron chi connectivity index (χ0n) is 12.6. The van der Waals surface area contributed by atoms with Crippen LogP contribution in [0.1, 0.15) is 6.42 Å². The first kappa shape index (κ1) is 16.4. The van der Waals surface area contributed by atoms with E-state index in [9.17, 15) is 14.0 Å². The third-order valence-electron chi connectivity index (χ3n) is 3.68. The first-order valence-corrected chi connectivity index (χ1v) is 8.19. The highest BCUT2D eigenvalue weighted by atomic mass is 79.9. The second-order valence-electron chi connectivity index (χ2n) is 5.49. The van der Waals surface area contributed by atoms with Gasteiger partial charge in [0, 0.05) is 28.8 Å². The Labute approximate surface area is 147 Å². The number of rotatable bonds is 3. The molecule has 0 spiro atoms. The first-order valence-electron chi connectivity index (χ1n) is 7.40. The largest absolute Gasteiger partial charge is 0.333 e. The monoisotopic (exact) mass is 391 g/mol. The number of benzene rings is 2. The van der Waals surface area contributed by atoms with Crippen LogP contribution in [0, 0.1) is 5.82 Å². The van der Waals surface area contributed by atoms with Crippen molar-refractivity contribution in [3.05, 3.63) is 58.8 Å². The van der Waals surface area contributed by atoms with E-state index >= 15 is 0 Å². The van der Waals surface area contributed by atoms with Gasteiger partial charge in [0.15, 0.2) is 0 Å². The van der Waals surface area contributed by atoms with E-state index in [2.05, 4.69) is 26.6 Å². The lowest BCUT2D eigenvalue weighted by molar-refractivity contribution is -0.117. The highest BCUT2D eigenvalue weighted by Gasteiger charge is 2.31. The molecule has 0 bridgehead atoms. The minimum absolute atomic E-state index is 0.144. The standard InChI is InChI=1S/C17H15BrFN3O2/c18-11-4-6-13(7-5-11)20-17(24)21-14-9-16(23)22(10-14)15-3-1-2-12(19)8-15/h1-8,14H,9-10H2,(H2,20,21,24)/t14-/m1/s1. The number of anilines is 2. The fourth-order valence-corrected chi connectivity index (χ4v) is 2.85. The molecule has 0 aliphatic carbocycles. The van der Waals surface area contributed by atoms with Crippen LogP contribution in [0.25, 0.3) is 0 Å². The summed E-state index contributed by atoms with van der Waals surface area (Å²) in [6, 6.07) is 12.3. The molecular weight excluding hydrogens is 377 g/mol. The topological polar surface area (TPSA) is 61.4 Å². The van der Waals surface area contributed by atoms with Gasteiger partial charge in [0.2, 0.25) is 5.91 Å². The fourth-order valence-electron chi connectivity index (χ4n) is 2.58. The van der Waals surface area contributed by atoms with E-state index in [1.54, 1.807) is 24.3 Å². The molecule has 1 atom stereocenters. The molecule has 3 rings (SSSR count). The molecule has 0 unspecified atom stereocenters. The number of nitrogens with one attached hydrogen (secondary N) is 2. The lowest BCUT2D eigenvalue weighted by Gasteiger charge is -2.17. The average Bonchev–Trinajstić information content (AvgIpc) is 2.90. The third kappa shape index (κ3) is 3.91. The summed E-state index contributed by atoms with van der Waals surface area (Å²) in [6.07, 6.45) is 0.185. The number of hydrogen-bond donors (Lipinski definition) is 2. The van der Waals surface area contributed by atoms with Crippen LogP contribution in [0.15, 0.2) is 53.0 Å². The molecule has 7 heteroatoms. The smallest absolute Gasteiger partial charge is 0.319 e. The van der Waals surface area contributed by atoms with E-state index in [0.717, 1.165) is 4.47 Å². The molecule has 5 nitrogen and oxygen atoms in total. The maximum atomic E-state index is 13.3. The van der Waals surface area contributed by atoms with Crippen LogP contribution in [0.5, 0.6) is 0 Å². The predicted octanol–water partition coefficient (Wildman–Crippen LogP) is 3.52. The van der Waals surface area contributed by atoms with E-state index in [1.807, 2.05) is 12.1 Å². The van der Waals surface area contributed by atoms with Crippen molar-refractivity contribution >= 4 is 39.2 Å². The van der Waals surface area contributed by atoms with E-state index in [-0.39, 0.29) is 24.4 Å². The van der Waals surface area contributed by atoms with E-state index in [0.29, 0.717) is 17.9 Å². The maximum Gasteiger partial charge on any atom is 0.319 e. The first-order chi connectivity index (χ1) is 11.5. The second kappa shape index (κ2) is 7.00. The number of nitrogens with zero attached hydrogens (tertiary/aromatic N) is 1. The van der Waals surface area contributed by atoms with Gasteiger partial charge in [-0.25, -0.2) is 9.18 Å². The lowest BCUT2D eigenvalue weighted by atomic mass is 10.2.